The Labute approximate surface area is 105 Å². The molecule has 1 aliphatic rings. The highest BCUT2D eigenvalue weighted by Gasteiger charge is 2.29. The summed E-state index contributed by atoms with van der Waals surface area (Å²) in [4.78, 5) is 11.9. The zero-order valence-corrected chi connectivity index (χ0v) is 10.0. The quantitative estimate of drug-likeness (QED) is 0.874. The Balaban J connectivity index is 2.06. The minimum absolute atomic E-state index is 0.0154. The van der Waals surface area contributed by atoms with Gasteiger partial charge in [-0.25, -0.2) is 0 Å². The number of ether oxygens (including phenoxy) is 1. The first-order valence-corrected chi connectivity index (χ1v) is 5.83. The van der Waals surface area contributed by atoms with Crippen LogP contribution >= 0.6 is 0 Å². The van der Waals surface area contributed by atoms with E-state index in [4.69, 9.17) is 4.74 Å². The van der Waals surface area contributed by atoms with Crippen molar-refractivity contribution in [3.8, 4) is 5.75 Å². The molecule has 2 aromatic rings. The van der Waals surface area contributed by atoms with Gasteiger partial charge in [0, 0.05) is 5.56 Å². The van der Waals surface area contributed by atoms with Crippen LogP contribution in [0, 0.1) is 0 Å². The van der Waals surface area contributed by atoms with E-state index < -0.39 is 0 Å². The molecule has 1 unspecified atom stereocenters. The van der Waals surface area contributed by atoms with Gasteiger partial charge in [0.2, 0.25) is 0 Å². The Kier molecular flexibility index (Phi) is 2.52. The van der Waals surface area contributed by atoms with Crippen molar-refractivity contribution in [3.63, 3.8) is 0 Å². The number of carbonyl (C=O) groups excluding carboxylic acids is 1. The number of hydrogen-bond donors (Lipinski definition) is 1. The lowest BCUT2D eigenvalue weighted by Gasteiger charge is -2.13. The molecule has 0 spiro atoms. The van der Waals surface area contributed by atoms with Gasteiger partial charge in [0.15, 0.2) is 0 Å². The molecule has 1 heterocycles. The first kappa shape index (κ1) is 10.8. The van der Waals surface area contributed by atoms with Crippen LogP contribution in [0.25, 0.3) is 0 Å². The molecule has 1 N–H and O–H groups in total. The zero-order valence-electron chi connectivity index (χ0n) is 10.0. The molecule has 0 bridgehead atoms. The van der Waals surface area contributed by atoms with Gasteiger partial charge in [0.1, 0.15) is 5.75 Å². The molecule has 3 heteroatoms. The fraction of sp³-hybridized carbons (Fsp3) is 0.133. The van der Waals surface area contributed by atoms with Crippen LogP contribution in [0.15, 0.2) is 48.5 Å². The molecular weight excluding hydrogens is 226 g/mol. The minimum atomic E-state index is -0.0798. The van der Waals surface area contributed by atoms with Crippen LogP contribution in [0.2, 0.25) is 0 Å². The Morgan fingerprint density at radius 2 is 1.94 bits per heavy atom. The lowest BCUT2D eigenvalue weighted by molar-refractivity contribution is 0.0960. The maximum absolute atomic E-state index is 11.9. The van der Waals surface area contributed by atoms with E-state index in [1.807, 2.05) is 48.5 Å². The summed E-state index contributed by atoms with van der Waals surface area (Å²) in [5, 5.41) is 2.99. The fourth-order valence-electron chi connectivity index (χ4n) is 2.33. The first-order chi connectivity index (χ1) is 8.79. The van der Waals surface area contributed by atoms with Crippen molar-refractivity contribution < 1.29 is 9.53 Å². The Morgan fingerprint density at radius 3 is 2.78 bits per heavy atom. The maximum Gasteiger partial charge on any atom is 0.252 e. The van der Waals surface area contributed by atoms with E-state index in [1.54, 1.807) is 7.11 Å². The molecule has 0 saturated carbocycles. The predicted octanol–water partition coefficient (Wildman–Crippen LogP) is 2.53. The summed E-state index contributed by atoms with van der Waals surface area (Å²) in [5.74, 6) is 0.782. The fourth-order valence-corrected chi connectivity index (χ4v) is 2.33. The van der Waals surface area contributed by atoms with Crippen LogP contribution in [-0.4, -0.2) is 13.0 Å². The lowest BCUT2D eigenvalue weighted by atomic mass is 9.98. The topological polar surface area (TPSA) is 38.3 Å². The summed E-state index contributed by atoms with van der Waals surface area (Å²) in [6, 6.07) is 15.4. The second-order valence-corrected chi connectivity index (χ2v) is 4.27. The molecule has 0 saturated heterocycles. The van der Waals surface area contributed by atoms with Crippen molar-refractivity contribution in [3.05, 3.63) is 65.2 Å². The van der Waals surface area contributed by atoms with Gasteiger partial charge in [-0.2, -0.15) is 0 Å². The molecule has 2 aromatic carbocycles. The summed E-state index contributed by atoms with van der Waals surface area (Å²) in [5.41, 5.74) is 2.81. The third-order valence-electron chi connectivity index (χ3n) is 3.22. The Hall–Kier alpha value is -2.29. The summed E-state index contributed by atoms with van der Waals surface area (Å²) >= 11 is 0. The highest BCUT2D eigenvalue weighted by Crippen LogP contribution is 2.31. The zero-order chi connectivity index (χ0) is 12.5. The van der Waals surface area contributed by atoms with Crippen LogP contribution < -0.4 is 10.1 Å². The number of methoxy groups -OCH3 is 1. The molecule has 0 aromatic heterocycles. The van der Waals surface area contributed by atoms with E-state index >= 15 is 0 Å². The van der Waals surface area contributed by atoms with Crippen LogP contribution in [0.4, 0.5) is 0 Å². The van der Waals surface area contributed by atoms with Gasteiger partial charge in [0.05, 0.1) is 13.2 Å². The summed E-state index contributed by atoms with van der Waals surface area (Å²) in [6.07, 6.45) is 0. The summed E-state index contributed by atoms with van der Waals surface area (Å²) < 4.78 is 5.22. The largest absolute Gasteiger partial charge is 0.497 e. The van der Waals surface area contributed by atoms with E-state index in [2.05, 4.69) is 5.32 Å². The summed E-state index contributed by atoms with van der Waals surface area (Å²) in [7, 11) is 1.64. The van der Waals surface area contributed by atoms with Gasteiger partial charge >= 0.3 is 0 Å². The van der Waals surface area contributed by atoms with E-state index in [0.717, 1.165) is 22.4 Å². The molecule has 1 atom stereocenters. The third-order valence-corrected chi connectivity index (χ3v) is 3.22. The molecule has 1 amide bonds. The number of benzene rings is 2. The standard InChI is InChI=1S/C15H13NO2/c1-18-11-6-4-5-10(9-11)14-12-7-2-3-8-13(12)15(17)16-14/h2-9,14H,1H3,(H,16,17). The second kappa shape index (κ2) is 4.18. The van der Waals surface area contributed by atoms with Crippen molar-refractivity contribution in [1.82, 2.24) is 5.32 Å². The molecule has 3 nitrogen and oxygen atoms in total. The normalized spacial score (nSPS) is 17.2. The van der Waals surface area contributed by atoms with Gasteiger partial charge in [-0.3, -0.25) is 4.79 Å². The molecule has 0 aliphatic carbocycles. The molecule has 0 radical (unpaired) electrons. The van der Waals surface area contributed by atoms with E-state index in [1.165, 1.54) is 0 Å². The van der Waals surface area contributed by atoms with Gasteiger partial charge in [-0.15, -0.1) is 0 Å². The lowest BCUT2D eigenvalue weighted by Crippen LogP contribution is -2.19. The predicted molar refractivity (Wildman–Crippen MR) is 68.7 cm³/mol. The van der Waals surface area contributed by atoms with E-state index in [9.17, 15) is 4.79 Å². The second-order valence-electron chi connectivity index (χ2n) is 4.27. The van der Waals surface area contributed by atoms with Gasteiger partial charge in [0.25, 0.3) is 5.91 Å². The SMILES string of the molecule is COc1cccc(C2NC(=O)c3ccccc32)c1. The maximum atomic E-state index is 11.9. The molecule has 0 fully saturated rings. The van der Waals surface area contributed by atoms with E-state index in [-0.39, 0.29) is 11.9 Å². The number of amides is 1. The average Bonchev–Trinajstić information content (AvgIpc) is 2.77. The molecule has 3 rings (SSSR count). The van der Waals surface area contributed by atoms with E-state index in [0.29, 0.717) is 0 Å². The number of nitrogens with one attached hydrogen (secondary N) is 1. The van der Waals surface area contributed by atoms with Gasteiger partial charge < -0.3 is 10.1 Å². The number of rotatable bonds is 2. The molecule has 1 aliphatic heterocycles. The van der Waals surface area contributed by atoms with Crippen molar-refractivity contribution >= 4 is 5.91 Å². The monoisotopic (exact) mass is 239 g/mol. The van der Waals surface area contributed by atoms with Crippen LogP contribution in [-0.2, 0) is 0 Å². The first-order valence-electron chi connectivity index (χ1n) is 5.83. The molecule has 18 heavy (non-hydrogen) atoms. The number of carbonyl (C=O) groups is 1. The minimum Gasteiger partial charge on any atom is -0.497 e. The van der Waals surface area contributed by atoms with Crippen LogP contribution in [0.5, 0.6) is 5.75 Å². The highest BCUT2D eigenvalue weighted by molar-refractivity contribution is 5.99. The molecule has 90 valence electrons. The van der Waals surface area contributed by atoms with Crippen LogP contribution in [0.1, 0.15) is 27.5 Å². The summed E-state index contributed by atoms with van der Waals surface area (Å²) in [6.45, 7) is 0. The Morgan fingerprint density at radius 1 is 1.11 bits per heavy atom. The average molecular weight is 239 g/mol. The smallest absolute Gasteiger partial charge is 0.252 e. The highest BCUT2D eigenvalue weighted by atomic mass is 16.5. The van der Waals surface area contributed by atoms with Crippen molar-refractivity contribution in [2.45, 2.75) is 6.04 Å². The van der Waals surface area contributed by atoms with Crippen molar-refractivity contribution in [1.29, 1.82) is 0 Å². The van der Waals surface area contributed by atoms with Crippen molar-refractivity contribution in [2.75, 3.05) is 7.11 Å². The van der Waals surface area contributed by atoms with Gasteiger partial charge in [-0.05, 0) is 29.3 Å². The molecular formula is C15H13NO2. The Bertz CT molecular complexity index is 607. The van der Waals surface area contributed by atoms with Crippen LogP contribution in [0.3, 0.4) is 0 Å². The number of hydrogen-bond acceptors (Lipinski definition) is 2. The third kappa shape index (κ3) is 1.64. The van der Waals surface area contributed by atoms with Crippen molar-refractivity contribution in [2.24, 2.45) is 0 Å². The number of fused-ring (bicyclic) bond motifs is 1. The van der Waals surface area contributed by atoms with Gasteiger partial charge in [-0.1, -0.05) is 30.3 Å².